The summed E-state index contributed by atoms with van der Waals surface area (Å²) in [7, 11) is -3.83. The molecule has 280 valence electrons. The number of Topliss-reactive ketones (excluding diaryl/α,β-unsaturated/α-hetero) is 1. The minimum absolute atomic E-state index is 0.00134. The summed E-state index contributed by atoms with van der Waals surface area (Å²) in [5, 5.41) is 6.04. The van der Waals surface area contributed by atoms with Gasteiger partial charge < -0.3 is 26.0 Å². The molecular weight excluding hydrogens is 706 g/mol. The van der Waals surface area contributed by atoms with Crippen LogP contribution in [0.3, 0.4) is 0 Å². The molecule has 1 aliphatic heterocycles. The molecule has 0 aliphatic carbocycles. The van der Waals surface area contributed by atoms with E-state index < -0.39 is 63.8 Å². The molecule has 14 heteroatoms. The fraction of sp³-hybridized carbons (Fsp3) is 0.421. The van der Waals surface area contributed by atoms with E-state index in [0.717, 1.165) is 22.9 Å². The number of likely N-dealkylation sites (tertiary alicyclic amines) is 1. The fourth-order valence-corrected chi connectivity index (χ4v) is 6.99. The van der Waals surface area contributed by atoms with E-state index in [1.54, 1.807) is 31.2 Å². The van der Waals surface area contributed by atoms with Gasteiger partial charge in [-0.2, -0.15) is 0 Å². The van der Waals surface area contributed by atoms with E-state index in [1.165, 1.54) is 4.90 Å². The summed E-state index contributed by atoms with van der Waals surface area (Å²) in [5.74, 6) is -2.92. The average molecular weight is 754 g/mol. The number of hydrogen-bond acceptors (Lipinski definition) is 8. The normalized spacial score (nSPS) is 17.6. The molecule has 3 amide bonds. The second kappa shape index (κ2) is 19.6. The third-order valence-corrected chi connectivity index (χ3v) is 9.88. The van der Waals surface area contributed by atoms with Crippen LogP contribution < -0.4 is 21.1 Å². The van der Waals surface area contributed by atoms with Crippen molar-refractivity contribution in [2.75, 3.05) is 19.3 Å². The lowest BCUT2D eigenvalue weighted by molar-refractivity contribution is -0.143. The van der Waals surface area contributed by atoms with Crippen molar-refractivity contribution in [3.63, 3.8) is 0 Å². The molecule has 3 aromatic rings. The van der Waals surface area contributed by atoms with E-state index in [1.807, 2.05) is 60.7 Å². The van der Waals surface area contributed by atoms with Crippen molar-refractivity contribution in [2.24, 2.45) is 5.73 Å². The van der Waals surface area contributed by atoms with Crippen LogP contribution in [0.4, 0.5) is 0 Å². The maximum atomic E-state index is 14.2. The maximum Gasteiger partial charge on any atom is 0.290 e. The predicted molar refractivity (Wildman–Crippen MR) is 200 cm³/mol. The Morgan fingerprint density at radius 3 is 2.17 bits per heavy atom. The second-order valence-electron chi connectivity index (χ2n) is 13.1. The highest BCUT2D eigenvalue weighted by atomic mass is 35.5. The van der Waals surface area contributed by atoms with Crippen molar-refractivity contribution in [1.82, 2.24) is 20.3 Å². The molecule has 0 saturated carbocycles. The number of sulfonamides is 1. The number of aryl methyl sites for hydroxylation is 1. The van der Waals surface area contributed by atoms with E-state index in [9.17, 15) is 27.6 Å². The van der Waals surface area contributed by atoms with E-state index in [0.29, 0.717) is 30.8 Å². The van der Waals surface area contributed by atoms with Gasteiger partial charge in [0.1, 0.15) is 12.1 Å². The zero-order valence-corrected chi connectivity index (χ0v) is 31.1. The van der Waals surface area contributed by atoms with Crippen LogP contribution in [0.25, 0.3) is 0 Å². The molecular formula is C38H48ClN5O7S. The number of nitrogens with one attached hydrogen (secondary N) is 3. The molecule has 5 N–H and O–H groups in total. The van der Waals surface area contributed by atoms with Crippen LogP contribution in [0.1, 0.15) is 61.8 Å². The molecule has 1 fully saturated rings. The van der Waals surface area contributed by atoms with Crippen LogP contribution >= 0.6 is 11.6 Å². The molecule has 0 bridgehead atoms. The van der Waals surface area contributed by atoms with Gasteiger partial charge in [-0.1, -0.05) is 84.4 Å². The lowest BCUT2D eigenvalue weighted by atomic mass is 10.0. The van der Waals surface area contributed by atoms with E-state index >= 15 is 0 Å². The van der Waals surface area contributed by atoms with Gasteiger partial charge in [-0.3, -0.25) is 19.2 Å². The molecule has 52 heavy (non-hydrogen) atoms. The zero-order valence-electron chi connectivity index (χ0n) is 29.5. The second-order valence-corrected chi connectivity index (χ2v) is 15.3. The lowest BCUT2D eigenvalue weighted by Gasteiger charge is -2.29. The first-order valence-corrected chi connectivity index (χ1v) is 19.7. The van der Waals surface area contributed by atoms with Crippen LogP contribution in [0, 0.1) is 0 Å². The molecule has 0 unspecified atom stereocenters. The maximum absolute atomic E-state index is 14.2. The molecule has 1 aliphatic rings. The SMILES string of the molecule is C[C@@H](NC(=O)C(=O)[C@H](CCCCN)NC(=O)[C@@H]1C[C@@H](OCc2ccc(Cl)cc2)CN1C(=O)[C@@H](CCc1ccccc1)NS(C)(=O)=O)c1ccccc1. The number of hydrogen-bond donors (Lipinski definition) is 4. The van der Waals surface area contributed by atoms with Crippen molar-refractivity contribution in [3.05, 3.63) is 107 Å². The van der Waals surface area contributed by atoms with Gasteiger partial charge in [0.15, 0.2) is 0 Å². The number of ether oxygens (including phenoxy) is 1. The molecule has 12 nitrogen and oxygen atoms in total. The summed E-state index contributed by atoms with van der Waals surface area (Å²) in [5.41, 5.74) is 8.24. The van der Waals surface area contributed by atoms with E-state index in [-0.39, 0.29) is 32.4 Å². The number of ketones is 1. The van der Waals surface area contributed by atoms with Gasteiger partial charge in [0.2, 0.25) is 27.6 Å². The number of rotatable bonds is 19. The molecule has 0 aromatic heterocycles. The monoisotopic (exact) mass is 753 g/mol. The first kappa shape index (κ1) is 40.6. The number of unbranched alkanes of at least 4 members (excludes halogenated alkanes) is 1. The highest BCUT2D eigenvalue weighted by molar-refractivity contribution is 7.88. The molecule has 5 atom stereocenters. The number of halogens is 1. The minimum atomic E-state index is -3.83. The summed E-state index contributed by atoms with van der Waals surface area (Å²) in [4.78, 5) is 56.4. The predicted octanol–water partition coefficient (Wildman–Crippen LogP) is 3.44. The number of carbonyl (C=O) groups excluding carboxylic acids is 4. The Labute approximate surface area is 310 Å². The van der Waals surface area contributed by atoms with Crippen LogP contribution in [-0.2, 0) is 47.0 Å². The van der Waals surface area contributed by atoms with E-state index in [2.05, 4.69) is 15.4 Å². The minimum Gasteiger partial charge on any atom is -0.372 e. The number of carbonyl (C=O) groups is 4. The lowest BCUT2D eigenvalue weighted by Crippen LogP contribution is -2.56. The highest BCUT2D eigenvalue weighted by Gasteiger charge is 2.43. The number of amides is 3. The van der Waals surface area contributed by atoms with Gasteiger partial charge in [-0.25, -0.2) is 13.1 Å². The summed E-state index contributed by atoms with van der Waals surface area (Å²) in [6.07, 6.45) is 2.18. The van der Waals surface area contributed by atoms with Crippen molar-refractivity contribution in [3.8, 4) is 0 Å². The third kappa shape index (κ3) is 12.5. The number of nitrogens with two attached hydrogens (primary N) is 1. The van der Waals surface area contributed by atoms with Crippen LogP contribution in [0.5, 0.6) is 0 Å². The standard InChI is InChI=1S/C38H48ClN5O7S/c1-26(29-13-7-4-8-14-29)41-37(47)35(45)32(15-9-10-22-40)42-36(46)34-23-31(51-25-28-16-19-30(39)20-17-28)24-44(34)38(48)33(43-52(2,49)50)21-18-27-11-5-3-6-12-27/h3-8,11-14,16-17,19-20,26,31-34,43H,9-10,15,18,21-25,40H2,1-2H3,(H,41,47)(H,42,46)/t26-,31-,32+,33-,34+/m1/s1. The van der Waals surface area contributed by atoms with Crippen molar-refractivity contribution in [2.45, 2.75) is 82.3 Å². The topological polar surface area (TPSA) is 177 Å². The fourth-order valence-electron chi connectivity index (χ4n) is 6.13. The Hall–Kier alpha value is -4.14. The zero-order chi connectivity index (χ0) is 37.7. The van der Waals surface area contributed by atoms with Crippen molar-refractivity contribution >= 4 is 45.1 Å². The summed E-state index contributed by atoms with van der Waals surface area (Å²) >= 11 is 6.03. The smallest absolute Gasteiger partial charge is 0.290 e. The molecule has 4 rings (SSSR count). The van der Waals surface area contributed by atoms with Crippen LogP contribution in [-0.4, -0.2) is 80.4 Å². The Bertz CT molecular complexity index is 1750. The summed E-state index contributed by atoms with van der Waals surface area (Å²) in [6, 6.07) is 21.6. The third-order valence-electron chi connectivity index (χ3n) is 8.92. The first-order chi connectivity index (χ1) is 24.8. The quantitative estimate of drug-likeness (QED) is 0.106. The Morgan fingerprint density at radius 2 is 1.54 bits per heavy atom. The van der Waals surface area contributed by atoms with Gasteiger partial charge in [0, 0.05) is 18.0 Å². The molecule has 0 spiro atoms. The average Bonchev–Trinajstić information content (AvgIpc) is 3.57. The summed E-state index contributed by atoms with van der Waals surface area (Å²) in [6.45, 7) is 2.30. The van der Waals surface area contributed by atoms with Gasteiger partial charge >= 0.3 is 0 Å². The molecule has 0 radical (unpaired) electrons. The molecule has 3 aromatic carbocycles. The van der Waals surface area contributed by atoms with E-state index in [4.69, 9.17) is 22.1 Å². The number of nitrogens with zero attached hydrogens (tertiary/aromatic N) is 1. The molecule has 1 heterocycles. The number of benzene rings is 3. The van der Waals surface area contributed by atoms with Crippen molar-refractivity contribution < 1.29 is 32.3 Å². The Morgan fingerprint density at radius 1 is 0.885 bits per heavy atom. The van der Waals surface area contributed by atoms with Gasteiger partial charge in [-0.15, -0.1) is 0 Å². The summed E-state index contributed by atoms with van der Waals surface area (Å²) < 4.78 is 33.5. The van der Waals surface area contributed by atoms with Gasteiger partial charge in [-0.05, 0) is 74.4 Å². The Kier molecular flexibility index (Phi) is 15.3. The van der Waals surface area contributed by atoms with Gasteiger partial charge in [0.25, 0.3) is 5.91 Å². The van der Waals surface area contributed by atoms with Crippen LogP contribution in [0.15, 0.2) is 84.9 Å². The molecule has 1 saturated heterocycles. The largest absolute Gasteiger partial charge is 0.372 e. The first-order valence-electron chi connectivity index (χ1n) is 17.4. The van der Waals surface area contributed by atoms with Crippen molar-refractivity contribution in [1.29, 1.82) is 0 Å². The highest BCUT2D eigenvalue weighted by Crippen LogP contribution is 2.25. The Balaban J connectivity index is 1.56. The van der Waals surface area contributed by atoms with Gasteiger partial charge in [0.05, 0.1) is 31.1 Å². The van der Waals surface area contributed by atoms with Crippen LogP contribution in [0.2, 0.25) is 5.02 Å².